The van der Waals surface area contributed by atoms with Crippen molar-refractivity contribution in [1.82, 2.24) is 19.4 Å². The lowest BCUT2D eigenvalue weighted by molar-refractivity contribution is -0.132. The van der Waals surface area contributed by atoms with Gasteiger partial charge in [0.1, 0.15) is 4.83 Å². The van der Waals surface area contributed by atoms with Crippen LogP contribution in [0.5, 0.6) is 0 Å². The van der Waals surface area contributed by atoms with Crippen LogP contribution in [0.25, 0.3) is 20.7 Å². The molecule has 3 aromatic rings. The minimum absolute atomic E-state index is 0.0907. The van der Waals surface area contributed by atoms with Crippen LogP contribution in [-0.4, -0.2) is 63.2 Å². The summed E-state index contributed by atoms with van der Waals surface area (Å²) in [5, 5.41) is 0.851. The first-order valence-corrected chi connectivity index (χ1v) is 12.6. The predicted octanol–water partition coefficient (Wildman–Crippen LogP) is 3.96. The second-order valence-electron chi connectivity index (χ2n) is 7.81. The number of rotatable bonds is 7. The summed E-state index contributed by atoms with van der Waals surface area (Å²) < 4.78 is 1.63. The van der Waals surface area contributed by atoms with E-state index in [0.717, 1.165) is 43.2 Å². The van der Waals surface area contributed by atoms with Crippen molar-refractivity contribution in [3.8, 4) is 10.4 Å². The molecule has 4 rings (SSSR count). The van der Waals surface area contributed by atoms with Crippen molar-refractivity contribution in [2.24, 2.45) is 0 Å². The molecule has 0 aliphatic carbocycles. The van der Waals surface area contributed by atoms with E-state index in [1.807, 2.05) is 48.2 Å². The molecule has 0 spiro atoms. The van der Waals surface area contributed by atoms with Gasteiger partial charge < -0.3 is 9.80 Å². The Morgan fingerprint density at radius 3 is 2.62 bits per heavy atom. The molecule has 1 atom stereocenters. The van der Waals surface area contributed by atoms with E-state index >= 15 is 0 Å². The fourth-order valence-corrected chi connectivity index (χ4v) is 5.95. The SMILES string of the molecule is C=CCn1c(SC(C)C(=O)N2CCN(CC)CC2)nc2sc(-c3ccccc3)cc2c1=O. The van der Waals surface area contributed by atoms with Gasteiger partial charge in [0.05, 0.1) is 10.6 Å². The van der Waals surface area contributed by atoms with Gasteiger partial charge in [-0.2, -0.15) is 0 Å². The molecule has 32 heavy (non-hydrogen) atoms. The summed E-state index contributed by atoms with van der Waals surface area (Å²) in [5.74, 6) is 0.0985. The number of piperazine rings is 1. The third kappa shape index (κ3) is 4.67. The molecule has 1 aromatic carbocycles. The zero-order valence-electron chi connectivity index (χ0n) is 18.5. The van der Waals surface area contributed by atoms with Gasteiger partial charge in [0.15, 0.2) is 5.16 Å². The highest BCUT2D eigenvalue weighted by molar-refractivity contribution is 8.00. The number of hydrogen-bond acceptors (Lipinski definition) is 6. The van der Waals surface area contributed by atoms with E-state index in [9.17, 15) is 9.59 Å². The smallest absolute Gasteiger partial charge is 0.263 e. The van der Waals surface area contributed by atoms with E-state index in [-0.39, 0.29) is 16.7 Å². The maximum Gasteiger partial charge on any atom is 0.263 e. The van der Waals surface area contributed by atoms with Gasteiger partial charge >= 0.3 is 0 Å². The number of likely N-dealkylation sites (N-methyl/N-ethyl adjacent to an activating group) is 1. The Labute approximate surface area is 196 Å². The van der Waals surface area contributed by atoms with Gasteiger partial charge in [0.2, 0.25) is 5.91 Å². The molecule has 1 aliphatic heterocycles. The number of hydrogen-bond donors (Lipinski definition) is 0. The van der Waals surface area contributed by atoms with Crippen molar-refractivity contribution in [1.29, 1.82) is 0 Å². The lowest BCUT2D eigenvalue weighted by atomic mass is 10.2. The number of nitrogens with zero attached hydrogens (tertiary/aromatic N) is 4. The zero-order chi connectivity index (χ0) is 22.7. The fourth-order valence-electron chi connectivity index (χ4n) is 3.87. The summed E-state index contributed by atoms with van der Waals surface area (Å²) in [4.78, 5) is 37.1. The number of carbonyl (C=O) groups is 1. The molecule has 1 amide bonds. The molecule has 6 nitrogen and oxygen atoms in total. The summed E-state index contributed by atoms with van der Waals surface area (Å²) in [7, 11) is 0. The highest BCUT2D eigenvalue weighted by Gasteiger charge is 2.27. The van der Waals surface area contributed by atoms with E-state index in [2.05, 4.69) is 18.4 Å². The summed E-state index contributed by atoms with van der Waals surface area (Å²) in [6.45, 7) is 12.5. The maximum atomic E-state index is 13.3. The second-order valence-corrected chi connectivity index (χ2v) is 10.2. The van der Waals surface area contributed by atoms with Crippen LogP contribution in [0.2, 0.25) is 0 Å². The van der Waals surface area contributed by atoms with E-state index in [0.29, 0.717) is 21.9 Å². The first kappa shape index (κ1) is 22.8. The lowest BCUT2D eigenvalue weighted by Gasteiger charge is -2.35. The highest BCUT2D eigenvalue weighted by Crippen LogP contribution is 2.33. The number of thioether (sulfide) groups is 1. The zero-order valence-corrected chi connectivity index (χ0v) is 20.1. The number of allylic oxidation sites excluding steroid dienone is 1. The number of thiophene rings is 1. The van der Waals surface area contributed by atoms with Crippen LogP contribution in [0.4, 0.5) is 0 Å². The van der Waals surface area contributed by atoms with Crippen molar-refractivity contribution in [2.75, 3.05) is 32.7 Å². The van der Waals surface area contributed by atoms with Gasteiger partial charge in [-0.25, -0.2) is 4.98 Å². The van der Waals surface area contributed by atoms with Gasteiger partial charge in [0, 0.05) is 37.6 Å². The van der Waals surface area contributed by atoms with Crippen LogP contribution < -0.4 is 5.56 Å². The van der Waals surface area contributed by atoms with E-state index in [1.54, 1.807) is 10.6 Å². The quantitative estimate of drug-likeness (QED) is 0.299. The van der Waals surface area contributed by atoms with Crippen molar-refractivity contribution in [3.05, 3.63) is 59.4 Å². The van der Waals surface area contributed by atoms with Crippen LogP contribution in [0.15, 0.2) is 59.0 Å². The second kappa shape index (κ2) is 10.0. The minimum Gasteiger partial charge on any atom is -0.339 e. The molecule has 1 saturated heterocycles. The minimum atomic E-state index is -0.322. The summed E-state index contributed by atoms with van der Waals surface area (Å²) in [6, 6.07) is 11.9. The average molecular weight is 469 g/mol. The Morgan fingerprint density at radius 2 is 1.97 bits per heavy atom. The fraction of sp³-hybridized carbons (Fsp3) is 0.375. The van der Waals surface area contributed by atoms with Gasteiger partial charge in [-0.15, -0.1) is 17.9 Å². The lowest BCUT2D eigenvalue weighted by Crippen LogP contribution is -2.50. The van der Waals surface area contributed by atoms with Gasteiger partial charge in [-0.05, 0) is 25.1 Å². The molecular weight excluding hydrogens is 440 g/mol. The monoisotopic (exact) mass is 468 g/mol. The van der Waals surface area contributed by atoms with Crippen LogP contribution in [0.1, 0.15) is 13.8 Å². The number of fused-ring (bicyclic) bond motifs is 1. The molecule has 0 bridgehead atoms. The Bertz CT molecular complexity index is 1160. The molecule has 8 heteroatoms. The number of amides is 1. The molecule has 168 valence electrons. The number of benzene rings is 1. The predicted molar refractivity (Wildman–Crippen MR) is 134 cm³/mol. The average Bonchev–Trinajstić information content (AvgIpc) is 3.26. The van der Waals surface area contributed by atoms with Crippen molar-refractivity contribution in [3.63, 3.8) is 0 Å². The van der Waals surface area contributed by atoms with Crippen LogP contribution in [0.3, 0.4) is 0 Å². The maximum absolute atomic E-state index is 13.3. The third-order valence-electron chi connectivity index (χ3n) is 5.75. The Kier molecular flexibility index (Phi) is 7.13. The molecule has 0 N–H and O–H groups in total. The third-order valence-corrected chi connectivity index (χ3v) is 7.90. The van der Waals surface area contributed by atoms with Crippen molar-refractivity contribution in [2.45, 2.75) is 30.8 Å². The van der Waals surface area contributed by atoms with E-state index in [4.69, 9.17) is 4.98 Å². The molecule has 0 radical (unpaired) electrons. The molecule has 3 heterocycles. The molecular formula is C24H28N4O2S2. The Hall–Kier alpha value is -2.42. The molecule has 1 fully saturated rings. The number of aromatic nitrogens is 2. The highest BCUT2D eigenvalue weighted by atomic mass is 32.2. The van der Waals surface area contributed by atoms with Gasteiger partial charge in [-0.1, -0.05) is 55.1 Å². The topological polar surface area (TPSA) is 58.4 Å². The van der Waals surface area contributed by atoms with Crippen molar-refractivity contribution < 1.29 is 4.79 Å². The summed E-state index contributed by atoms with van der Waals surface area (Å²) >= 11 is 2.87. The van der Waals surface area contributed by atoms with E-state index in [1.165, 1.54) is 23.1 Å². The first-order valence-electron chi connectivity index (χ1n) is 10.9. The largest absolute Gasteiger partial charge is 0.339 e. The molecule has 2 aromatic heterocycles. The molecule has 0 saturated carbocycles. The van der Waals surface area contributed by atoms with Gasteiger partial charge in [0.25, 0.3) is 5.56 Å². The van der Waals surface area contributed by atoms with Crippen LogP contribution >= 0.6 is 23.1 Å². The normalized spacial score (nSPS) is 15.8. The standard InChI is InChI=1S/C24H28N4O2S2/c1-4-11-28-23(30)19-16-20(18-9-7-6-8-10-18)32-21(19)25-24(28)31-17(3)22(29)27-14-12-26(5-2)13-15-27/h4,6-10,16-17H,1,5,11-15H2,2-3H3. The van der Waals surface area contributed by atoms with Crippen LogP contribution in [0, 0.1) is 0 Å². The first-order chi connectivity index (χ1) is 15.5. The molecule has 1 unspecified atom stereocenters. The van der Waals surface area contributed by atoms with Crippen molar-refractivity contribution >= 4 is 39.2 Å². The van der Waals surface area contributed by atoms with Gasteiger partial charge in [-0.3, -0.25) is 14.2 Å². The summed E-state index contributed by atoms with van der Waals surface area (Å²) in [5.41, 5.74) is 0.973. The molecule has 1 aliphatic rings. The Morgan fingerprint density at radius 1 is 1.25 bits per heavy atom. The number of carbonyl (C=O) groups excluding carboxylic acids is 1. The van der Waals surface area contributed by atoms with Crippen LogP contribution in [-0.2, 0) is 11.3 Å². The van der Waals surface area contributed by atoms with E-state index < -0.39 is 0 Å². The summed E-state index contributed by atoms with van der Waals surface area (Å²) in [6.07, 6.45) is 1.69. The Balaban J connectivity index is 1.62.